The van der Waals surface area contributed by atoms with Gasteiger partial charge in [-0.05, 0) is 63.8 Å². The topological polar surface area (TPSA) is 99.1 Å². The van der Waals surface area contributed by atoms with Crippen LogP contribution >= 0.6 is 0 Å². The van der Waals surface area contributed by atoms with Crippen LogP contribution in [0, 0.1) is 0 Å². The first-order valence-electron chi connectivity index (χ1n) is 8.44. The lowest BCUT2D eigenvalue weighted by molar-refractivity contribution is -0.123. The molecule has 1 aromatic rings. The van der Waals surface area contributed by atoms with Crippen LogP contribution in [0.4, 0.5) is 10.5 Å². The Morgan fingerprint density at radius 1 is 1.28 bits per heavy atom. The average molecular weight is 346 g/mol. The van der Waals surface area contributed by atoms with Gasteiger partial charge in [-0.3, -0.25) is 4.79 Å². The summed E-state index contributed by atoms with van der Waals surface area (Å²) in [5, 5.41) is 22.2. The lowest BCUT2D eigenvalue weighted by Gasteiger charge is -2.33. The summed E-state index contributed by atoms with van der Waals surface area (Å²) in [6.45, 7) is 6.55. The van der Waals surface area contributed by atoms with Crippen LogP contribution in [-0.4, -0.2) is 47.9 Å². The van der Waals surface area contributed by atoms with Gasteiger partial charge in [0, 0.05) is 0 Å². The van der Waals surface area contributed by atoms with Crippen molar-refractivity contribution in [1.29, 1.82) is 0 Å². The molecule has 2 aliphatic rings. The minimum atomic E-state index is -1.63. The number of rotatable bonds is 1. The van der Waals surface area contributed by atoms with Crippen LogP contribution in [0.25, 0.3) is 0 Å². The van der Waals surface area contributed by atoms with Crippen molar-refractivity contribution in [2.24, 2.45) is 0 Å². The highest BCUT2D eigenvalue weighted by molar-refractivity contribution is 6.58. The number of ether oxygens (including phenoxy) is 1. The highest BCUT2D eigenvalue weighted by Gasteiger charge is 2.54. The van der Waals surface area contributed by atoms with Crippen molar-refractivity contribution in [1.82, 2.24) is 5.32 Å². The molecule has 0 aromatic heterocycles. The molecule has 0 bridgehead atoms. The van der Waals surface area contributed by atoms with Gasteiger partial charge in [0.25, 0.3) is 0 Å². The van der Waals surface area contributed by atoms with Gasteiger partial charge in [0.1, 0.15) is 5.60 Å². The zero-order valence-electron chi connectivity index (χ0n) is 14.7. The van der Waals surface area contributed by atoms with Gasteiger partial charge in [0.15, 0.2) is 0 Å². The Bertz CT molecular complexity index is 707. The molecule has 3 rings (SSSR count). The fourth-order valence-corrected chi connectivity index (χ4v) is 3.56. The maximum Gasteiger partial charge on any atom is 0.488 e. The summed E-state index contributed by atoms with van der Waals surface area (Å²) < 4.78 is 5.41. The second-order valence-corrected chi connectivity index (χ2v) is 7.60. The molecule has 7 nitrogen and oxygen atoms in total. The molecule has 2 heterocycles. The van der Waals surface area contributed by atoms with Crippen LogP contribution in [0.5, 0.6) is 0 Å². The number of nitrogens with zero attached hydrogens (tertiary/aromatic N) is 1. The third kappa shape index (κ3) is 3.05. The van der Waals surface area contributed by atoms with E-state index >= 15 is 0 Å². The second kappa shape index (κ2) is 6.12. The number of carbonyl (C=O) groups excluding carboxylic acids is 2. The molecule has 0 radical (unpaired) electrons. The van der Waals surface area contributed by atoms with Crippen molar-refractivity contribution < 1.29 is 24.4 Å². The summed E-state index contributed by atoms with van der Waals surface area (Å²) in [7, 11) is -1.63. The maximum atomic E-state index is 13.2. The zero-order chi connectivity index (χ0) is 18.4. The Hall–Kier alpha value is -1.90. The van der Waals surface area contributed by atoms with E-state index in [0.29, 0.717) is 42.6 Å². The number of nitrogens with one attached hydrogen (secondary N) is 1. The zero-order valence-corrected chi connectivity index (χ0v) is 14.7. The fraction of sp³-hybridized carbons (Fsp3) is 0.529. The van der Waals surface area contributed by atoms with Crippen LogP contribution in [0.1, 0.15) is 39.2 Å². The minimum absolute atomic E-state index is 0.301. The first kappa shape index (κ1) is 17.9. The smallest absolute Gasteiger partial charge is 0.443 e. The number of hydrogen-bond acceptors (Lipinski definition) is 6. The first-order valence-corrected chi connectivity index (χ1v) is 8.44. The molecule has 0 unspecified atom stereocenters. The molecule has 0 saturated carbocycles. The maximum absolute atomic E-state index is 13.2. The van der Waals surface area contributed by atoms with E-state index in [1.165, 1.54) is 6.07 Å². The van der Waals surface area contributed by atoms with Crippen molar-refractivity contribution in [3.8, 4) is 0 Å². The number of benzene rings is 1. The molecule has 134 valence electrons. The summed E-state index contributed by atoms with van der Waals surface area (Å²) in [6.07, 6.45) is 0.387. The molecule has 0 aliphatic carbocycles. The lowest BCUT2D eigenvalue weighted by atomic mass is 9.71. The van der Waals surface area contributed by atoms with Gasteiger partial charge in [-0.15, -0.1) is 0 Å². The highest BCUT2D eigenvalue weighted by Crippen LogP contribution is 2.47. The van der Waals surface area contributed by atoms with Gasteiger partial charge < -0.3 is 20.1 Å². The predicted molar refractivity (Wildman–Crippen MR) is 93.8 cm³/mol. The van der Waals surface area contributed by atoms with E-state index < -0.39 is 24.2 Å². The molecule has 3 N–H and O–H groups in total. The van der Waals surface area contributed by atoms with Gasteiger partial charge in [-0.1, -0.05) is 12.1 Å². The Morgan fingerprint density at radius 2 is 1.92 bits per heavy atom. The molecule has 1 aromatic carbocycles. The van der Waals surface area contributed by atoms with Crippen molar-refractivity contribution in [2.45, 2.75) is 44.6 Å². The Balaban J connectivity index is 2.09. The van der Waals surface area contributed by atoms with E-state index in [4.69, 9.17) is 4.74 Å². The van der Waals surface area contributed by atoms with Crippen LogP contribution < -0.4 is 15.7 Å². The molecule has 0 atom stereocenters. The summed E-state index contributed by atoms with van der Waals surface area (Å²) in [5.74, 6) is -0.303. The van der Waals surface area contributed by atoms with Gasteiger partial charge in [0.05, 0.1) is 11.1 Å². The molecule has 1 saturated heterocycles. The summed E-state index contributed by atoms with van der Waals surface area (Å²) in [5.41, 5.74) is -0.123. The monoisotopic (exact) mass is 346 g/mol. The number of anilines is 1. The molecule has 8 heteroatoms. The third-order valence-corrected chi connectivity index (χ3v) is 4.72. The predicted octanol–water partition coefficient (Wildman–Crippen LogP) is 0.269. The number of amides is 2. The lowest BCUT2D eigenvalue weighted by Crippen LogP contribution is -2.49. The van der Waals surface area contributed by atoms with E-state index in [1.54, 1.807) is 32.9 Å². The van der Waals surface area contributed by atoms with Gasteiger partial charge in [-0.25, -0.2) is 9.69 Å². The number of piperidine rings is 1. The van der Waals surface area contributed by atoms with E-state index in [1.807, 2.05) is 0 Å². The standard InChI is InChI=1S/C17H23BN2O5/c1-16(2,3)25-15(22)20-13-5-4-11(18(23)24)10-12(13)17(14(20)21)6-8-19-9-7-17/h4-5,10,19,23-24H,6-9H2,1-3H3. The molecular weight excluding hydrogens is 323 g/mol. The quantitative estimate of drug-likeness (QED) is 0.632. The van der Waals surface area contributed by atoms with Crippen LogP contribution in [0.2, 0.25) is 0 Å². The summed E-state index contributed by atoms with van der Waals surface area (Å²) in [6, 6.07) is 4.71. The number of carbonyl (C=O) groups is 2. The van der Waals surface area contributed by atoms with E-state index in [9.17, 15) is 19.6 Å². The Morgan fingerprint density at radius 3 is 2.48 bits per heavy atom. The van der Waals surface area contributed by atoms with Crippen molar-refractivity contribution in [3.63, 3.8) is 0 Å². The SMILES string of the molecule is CC(C)(C)OC(=O)N1C(=O)C2(CCNCC2)c2cc(B(O)O)ccc21. The fourth-order valence-electron chi connectivity index (χ4n) is 3.56. The van der Waals surface area contributed by atoms with Gasteiger partial charge >= 0.3 is 13.2 Å². The van der Waals surface area contributed by atoms with Gasteiger partial charge in [0.2, 0.25) is 5.91 Å². The normalized spacial score (nSPS) is 19.1. The highest BCUT2D eigenvalue weighted by atomic mass is 16.6. The van der Waals surface area contributed by atoms with Gasteiger partial charge in [-0.2, -0.15) is 0 Å². The molecule has 1 spiro atoms. The second-order valence-electron chi connectivity index (χ2n) is 7.60. The number of imide groups is 1. The van der Waals surface area contributed by atoms with E-state index in [0.717, 1.165) is 4.90 Å². The molecule has 2 aliphatic heterocycles. The summed E-state index contributed by atoms with van der Waals surface area (Å²) in [4.78, 5) is 27.0. The first-order chi connectivity index (χ1) is 11.7. The number of fused-ring (bicyclic) bond motifs is 2. The molecule has 1 fully saturated rings. The Labute approximate surface area is 147 Å². The molecule has 2 amide bonds. The Kier molecular flexibility index (Phi) is 4.39. The molecule has 25 heavy (non-hydrogen) atoms. The van der Waals surface area contributed by atoms with Crippen LogP contribution in [0.15, 0.2) is 18.2 Å². The van der Waals surface area contributed by atoms with Crippen LogP contribution in [-0.2, 0) is 14.9 Å². The van der Waals surface area contributed by atoms with Crippen LogP contribution in [0.3, 0.4) is 0 Å². The average Bonchev–Trinajstić information content (AvgIpc) is 2.75. The minimum Gasteiger partial charge on any atom is -0.443 e. The summed E-state index contributed by atoms with van der Waals surface area (Å²) >= 11 is 0. The third-order valence-electron chi connectivity index (χ3n) is 4.72. The largest absolute Gasteiger partial charge is 0.488 e. The molecular formula is C17H23BN2O5. The van der Waals surface area contributed by atoms with Crippen molar-refractivity contribution in [2.75, 3.05) is 18.0 Å². The van der Waals surface area contributed by atoms with E-state index in [-0.39, 0.29) is 5.91 Å². The van der Waals surface area contributed by atoms with Crippen molar-refractivity contribution >= 4 is 30.3 Å². The van der Waals surface area contributed by atoms with E-state index in [2.05, 4.69) is 5.32 Å². The number of hydrogen-bond donors (Lipinski definition) is 3. The van der Waals surface area contributed by atoms with Crippen molar-refractivity contribution in [3.05, 3.63) is 23.8 Å².